The van der Waals surface area contributed by atoms with Crippen molar-refractivity contribution in [2.24, 2.45) is 0 Å². The minimum Gasteiger partial charge on any atom is -0.480 e. The molecule has 4 aromatic rings. The number of nitrogens with zero attached hydrogens (tertiary/aromatic N) is 3. The fraction of sp³-hybridized carbons (Fsp3) is 0.280. The quantitative estimate of drug-likeness (QED) is 0.307. The van der Waals surface area contributed by atoms with E-state index in [1.807, 2.05) is 36.4 Å². The average molecular weight is 433 g/mol. The van der Waals surface area contributed by atoms with Crippen LogP contribution in [0.4, 0.5) is 5.82 Å². The smallest absolute Gasteiger partial charge is 0.184 e. The number of rotatable bonds is 5. The Morgan fingerprint density at radius 3 is 2.48 bits per heavy atom. The highest BCUT2D eigenvalue weighted by molar-refractivity contribution is 7.99. The molecule has 0 aliphatic rings. The molecule has 0 unspecified atom stereocenters. The molecule has 0 spiro atoms. The molecule has 2 N–H and O–H groups in total. The Morgan fingerprint density at radius 1 is 1.03 bits per heavy atom. The van der Waals surface area contributed by atoms with E-state index in [4.69, 9.17) is 20.6 Å². The molecule has 0 amide bonds. The van der Waals surface area contributed by atoms with Crippen molar-refractivity contribution >= 4 is 28.6 Å². The molecule has 0 aliphatic carbocycles. The summed E-state index contributed by atoms with van der Waals surface area (Å²) >= 11 is 1.65. The number of anilines is 1. The summed E-state index contributed by atoms with van der Waals surface area (Å²) in [6.07, 6.45) is 0. The molecule has 6 heteroatoms. The Bertz CT molecular complexity index is 1230. The fourth-order valence-corrected chi connectivity index (χ4v) is 4.23. The topological polar surface area (TPSA) is 66.0 Å². The standard InChI is InChI=1S/C25H28N4OS/c1-16-13-17(2)22(20(14-16)30-15-31-18-9-7-6-8-10-18)29-23(26)19-11-12-21(25(3,4)5)27-24(19)28-29/h6-14H,15,26H2,1-5H3. The summed E-state index contributed by atoms with van der Waals surface area (Å²) in [5, 5.41) is 5.61. The second kappa shape index (κ2) is 8.27. The van der Waals surface area contributed by atoms with Crippen LogP contribution in [0.15, 0.2) is 59.5 Å². The number of thioether (sulfide) groups is 1. The van der Waals surface area contributed by atoms with Gasteiger partial charge >= 0.3 is 0 Å². The van der Waals surface area contributed by atoms with Crippen molar-refractivity contribution in [3.8, 4) is 11.4 Å². The largest absolute Gasteiger partial charge is 0.480 e. The molecule has 0 saturated heterocycles. The number of pyridine rings is 1. The van der Waals surface area contributed by atoms with Gasteiger partial charge in [0.15, 0.2) is 5.65 Å². The lowest BCUT2D eigenvalue weighted by molar-refractivity contribution is 0.390. The van der Waals surface area contributed by atoms with E-state index in [9.17, 15) is 0 Å². The predicted octanol–water partition coefficient (Wildman–Crippen LogP) is 6.05. The first kappa shape index (κ1) is 21.2. The van der Waals surface area contributed by atoms with Crippen LogP contribution in [0.1, 0.15) is 37.6 Å². The maximum atomic E-state index is 6.53. The third kappa shape index (κ3) is 4.39. The number of benzene rings is 2. The first-order valence-electron chi connectivity index (χ1n) is 10.3. The number of nitrogen functional groups attached to an aromatic ring is 1. The van der Waals surface area contributed by atoms with Gasteiger partial charge in [-0.05, 0) is 55.3 Å². The molecule has 2 heterocycles. The van der Waals surface area contributed by atoms with Crippen LogP contribution in [0.2, 0.25) is 0 Å². The maximum Gasteiger partial charge on any atom is 0.184 e. The zero-order chi connectivity index (χ0) is 22.2. The van der Waals surface area contributed by atoms with E-state index in [0.29, 0.717) is 17.4 Å². The van der Waals surface area contributed by atoms with Gasteiger partial charge in [0.25, 0.3) is 0 Å². The maximum absolute atomic E-state index is 6.53. The molecule has 160 valence electrons. The van der Waals surface area contributed by atoms with E-state index in [1.54, 1.807) is 16.4 Å². The normalized spacial score (nSPS) is 11.8. The van der Waals surface area contributed by atoms with Gasteiger partial charge in [-0.2, -0.15) is 0 Å². The number of aryl methyl sites for hydroxylation is 2. The monoisotopic (exact) mass is 432 g/mol. The van der Waals surface area contributed by atoms with Gasteiger partial charge < -0.3 is 10.5 Å². The molecule has 2 aromatic carbocycles. The zero-order valence-corrected chi connectivity index (χ0v) is 19.5. The lowest BCUT2D eigenvalue weighted by atomic mass is 9.91. The van der Waals surface area contributed by atoms with Crippen LogP contribution >= 0.6 is 11.8 Å². The lowest BCUT2D eigenvalue weighted by Crippen LogP contribution is -2.13. The summed E-state index contributed by atoms with van der Waals surface area (Å²) < 4.78 is 7.98. The van der Waals surface area contributed by atoms with Gasteiger partial charge in [0.2, 0.25) is 0 Å². The van der Waals surface area contributed by atoms with Gasteiger partial charge in [-0.1, -0.05) is 56.8 Å². The van der Waals surface area contributed by atoms with Crippen LogP contribution in [0, 0.1) is 13.8 Å². The first-order valence-corrected chi connectivity index (χ1v) is 11.3. The number of hydrogen-bond donors (Lipinski definition) is 1. The summed E-state index contributed by atoms with van der Waals surface area (Å²) in [5.74, 6) is 1.82. The predicted molar refractivity (Wildman–Crippen MR) is 129 cm³/mol. The molecule has 4 rings (SSSR count). The van der Waals surface area contributed by atoms with E-state index in [-0.39, 0.29) is 5.41 Å². The SMILES string of the molecule is Cc1cc(C)c(-n2nc3nc(C(C)(C)C)ccc3c2N)c(OCSc2ccccc2)c1. The Kier molecular flexibility index (Phi) is 5.67. The molecule has 0 saturated carbocycles. The fourth-order valence-electron chi connectivity index (χ4n) is 3.56. The molecular formula is C25H28N4OS. The van der Waals surface area contributed by atoms with E-state index in [0.717, 1.165) is 38.5 Å². The van der Waals surface area contributed by atoms with Crippen LogP contribution in [0.3, 0.4) is 0 Å². The molecular weight excluding hydrogens is 404 g/mol. The number of nitrogens with two attached hydrogens (primary N) is 1. The van der Waals surface area contributed by atoms with Gasteiger partial charge in [-0.15, -0.1) is 5.10 Å². The Labute approximate surface area is 187 Å². The van der Waals surface area contributed by atoms with Crippen LogP contribution in [-0.4, -0.2) is 20.7 Å². The van der Waals surface area contributed by atoms with Crippen molar-refractivity contribution in [2.75, 3.05) is 11.7 Å². The Morgan fingerprint density at radius 2 is 1.77 bits per heavy atom. The van der Waals surface area contributed by atoms with Crippen molar-refractivity contribution in [3.63, 3.8) is 0 Å². The summed E-state index contributed by atoms with van der Waals surface area (Å²) in [4.78, 5) is 5.94. The first-order chi connectivity index (χ1) is 14.7. The highest BCUT2D eigenvalue weighted by Crippen LogP contribution is 2.34. The summed E-state index contributed by atoms with van der Waals surface area (Å²) in [6.45, 7) is 10.5. The van der Waals surface area contributed by atoms with E-state index in [2.05, 4.69) is 52.8 Å². The van der Waals surface area contributed by atoms with Crippen LogP contribution in [0.5, 0.6) is 5.75 Å². The van der Waals surface area contributed by atoms with Gasteiger partial charge in [-0.25, -0.2) is 9.67 Å². The Balaban J connectivity index is 1.73. The molecule has 2 aromatic heterocycles. The summed E-state index contributed by atoms with van der Waals surface area (Å²) in [6, 6.07) is 18.4. The minimum atomic E-state index is -0.0601. The van der Waals surface area contributed by atoms with Crippen molar-refractivity contribution in [3.05, 3.63) is 71.4 Å². The van der Waals surface area contributed by atoms with Crippen molar-refractivity contribution in [2.45, 2.75) is 44.9 Å². The molecule has 0 bridgehead atoms. The number of fused-ring (bicyclic) bond motifs is 1. The number of ether oxygens (including phenoxy) is 1. The van der Waals surface area contributed by atoms with Gasteiger partial charge in [0, 0.05) is 16.0 Å². The van der Waals surface area contributed by atoms with Gasteiger partial charge in [0.05, 0.1) is 5.39 Å². The summed E-state index contributed by atoms with van der Waals surface area (Å²) in [5.41, 5.74) is 11.1. The van der Waals surface area contributed by atoms with Crippen molar-refractivity contribution in [1.29, 1.82) is 0 Å². The molecule has 0 fully saturated rings. The van der Waals surface area contributed by atoms with E-state index in [1.165, 1.54) is 0 Å². The van der Waals surface area contributed by atoms with E-state index >= 15 is 0 Å². The molecule has 31 heavy (non-hydrogen) atoms. The third-order valence-corrected chi connectivity index (χ3v) is 5.99. The minimum absolute atomic E-state index is 0.0601. The summed E-state index contributed by atoms with van der Waals surface area (Å²) in [7, 11) is 0. The molecule has 0 radical (unpaired) electrons. The highest BCUT2D eigenvalue weighted by atomic mass is 32.2. The van der Waals surface area contributed by atoms with Crippen LogP contribution in [0.25, 0.3) is 16.7 Å². The van der Waals surface area contributed by atoms with E-state index < -0.39 is 0 Å². The van der Waals surface area contributed by atoms with Crippen molar-refractivity contribution < 1.29 is 4.74 Å². The molecule has 0 atom stereocenters. The van der Waals surface area contributed by atoms with Gasteiger partial charge in [-0.3, -0.25) is 0 Å². The third-order valence-electron chi connectivity index (χ3n) is 5.15. The zero-order valence-electron chi connectivity index (χ0n) is 18.6. The van der Waals surface area contributed by atoms with Gasteiger partial charge in [0.1, 0.15) is 23.2 Å². The van der Waals surface area contributed by atoms with Crippen LogP contribution in [-0.2, 0) is 5.41 Å². The molecule has 0 aliphatic heterocycles. The molecule has 5 nitrogen and oxygen atoms in total. The highest BCUT2D eigenvalue weighted by Gasteiger charge is 2.21. The lowest BCUT2D eigenvalue weighted by Gasteiger charge is -2.16. The number of aromatic nitrogens is 3. The Hall–Kier alpha value is -2.99. The van der Waals surface area contributed by atoms with Crippen LogP contribution < -0.4 is 10.5 Å². The second-order valence-electron chi connectivity index (χ2n) is 8.76. The average Bonchev–Trinajstić information content (AvgIpc) is 3.03. The second-order valence-corrected chi connectivity index (χ2v) is 9.76. The van der Waals surface area contributed by atoms with Crippen molar-refractivity contribution in [1.82, 2.24) is 14.8 Å². The number of hydrogen-bond acceptors (Lipinski definition) is 5.